The van der Waals surface area contributed by atoms with Crippen LogP contribution in [0.3, 0.4) is 0 Å². The zero-order chi connectivity index (χ0) is 12.7. The maximum Gasteiger partial charge on any atom is 0.259 e. The van der Waals surface area contributed by atoms with Gasteiger partial charge >= 0.3 is 0 Å². The quantitative estimate of drug-likeness (QED) is 0.614. The summed E-state index contributed by atoms with van der Waals surface area (Å²) >= 11 is 0. The molecule has 2 aliphatic rings. The minimum Gasteiger partial charge on any atom is -0.383 e. The van der Waals surface area contributed by atoms with Crippen LogP contribution in [-0.4, -0.2) is 46.0 Å². The molecule has 0 aliphatic carbocycles. The molecule has 0 aromatic carbocycles. The second-order valence-corrected chi connectivity index (χ2v) is 4.76. The van der Waals surface area contributed by atoms with Crippen LogP contribution in [0.25, 0.3) is 0 Å². The normalized spacial score (nSPS) is 26.9. The number of hydrogen-bond donors (Lipinski definition) is 3. The molecule has 3 rings (SSSR count). The topological polar surface area (TPSA) is 104 Å². The molecule has 0 bridgehead atoms. The summed E-state index contributed by atoms with van der Waals surface area (Å²) < 4.78 is 0. The largest absolute Gasteiger partial charge is 0.383 e. The summed E-state index contributed by atoms with van der Waals surface area (Å²) in [6, 6.07) is -0.0481. The van der Waals surface area contributed by atoms with Gasteiger partial charge in [-0.25, -0.2) is 0 Å². The van der Waals surface area contributed by atoms with Crippen LogP contribution >= 0.6 is 0 Å². The first-order valence-corrected chi connectivity index (χ1v) is 6.06. The minimum absolute atomic E-state index is 0.0481. The molecule has 96 valence electrons. The summed E-state index contributed by atoms with van der Waals surface area (Å²) in [7, 11) is 0. The molecule has 2 amide bonds. The summed E-state index contributed by atoms with van der Waals surface area (Å²) in [4.78, 5) is 25.8. The summed E-state index contributed by atoms with van der Waals surface area (Å²) in [6.45, 7) is 1.20. The Labute approximate surface area is 104 Å². The van der Waals surface area contributed by atoms with E-state index in [1.54, 1.807) is 4.90 Å². The third-order valence-corrected chi connectivity index (χ3v) is 3.76. The molecule has 2 aliphatic heterocycles. The number of anilines is 1. The molecule has 0 spiro atoms. The molecule has 2 unspecified atom stereocenters. The highest BCUT2D eigenvalue weighted by Gasteiger charge is 2.43. The van der Waals surface area contributed by atoms with Crippen molar-refractivity contribution in [2.24, 2.45) is 5.92 Å². The van der Waals surface area contributed by atoms with Crippen LogP contribution in [0, 0.1) is 5.92 Å². The van der Waals surface area contributed by atoms with E-state index in [-0.39, 0.29) is 29.6 Å². The Kier molecular flexibility index (Phi) is 2.46. The number of piperidine rings is 1. The zero-order valence-corrected chi connectivity index (χ0v) is 9.85. The van der Waals surface area contributed by atoms with Gasteiger partial charge in [-0.2, -0.15) is 5.10 Å². The Bertz CT molecular complexity index is 497. The zero-order valence-electron chi connectivity index (χ0n) is 9.85. The van der Waals surface area contributed by atoms with E-state index in [1.807, 2.05) is 0 Å². The lowest BCUT2D eigenvalue weighted by molar-refractivity contribution is -0.123. The number of aromatic nitrogens is 2. The molecule has 2 fully saturated rings. The van der Waals surface area contributed by atoms with Gasteiger partial charge in [0.25, 0.3) is 5.91 Å². The number of aromatic amines is 1. The molecular weight excluding hydrogens is 234 g/mol. The summed E-state index contributed by atoms with van der Waals surface area (Å²) in [5.41, 5.74) is 6.05. The van der Waals surface area contributed by atoms with Gasteiger partial charge in [0, 0.05) is 13.1 Å². The predicted molar refractivity (Wildman–Crippen MR) is 63.6 cm³/mol. The molecule has 7 nitrogen and oxygen atoms in total. The third kappa shape index (κ3) is 1.54. The van der Waals surface area contributed by atoms with Gasteiger partial charge in [-0.15, -0.1) is 0 Å². The van der Waals surface area contributed by atoms with Crippen molar-refractivity contribution < 1.29 is 9.59 Å². The van der Waals surface area contributed by atoms with Gasteiger partial charge in [-0.3, -0.25) is 14.7 Å². The Morgan fingerprint density at radius 3 is 3.11 bits per heavy atom. The Balaban J connectivity index is 1.86. The van der Waals surface area contributed by atoms with Gasteiger partial charge in [-0.05, 0) is 12.8 Å². The van der Waals surface area contributed by atoms with E-state index in [9.17, 15) is 9.59 Å². The summed E-state index contributed by atoms with van der Waals surface area (Å²) in [5, 5.41) is 9.13. The maximum absolute atomic E-state index is 12.4. The van der Waals surface area contributed by atoms with Crippen molar-refractivity contribution in [1.29, 1.82) is 0 Å². The van der Waals surface area contributed by atoms with Gasteiger partial charge in [0.2, 0.25) is 5.91 Å². The number of carbonyl (C=O) groups excluding carboxylic acids is 2. The van der Waals surface area contributed by atoms with Crippen molar-refractivity contribution in [3.05, 3.63) is 11.8 Å². The Hall–Kier alpha value is -2.05. The number of nitrogen functional groups attached to an aromatic ring is 1. The van der Waals surface area contributed by atoms with Crippen molar-refractivity contribution in [2.45, 2.75) is 18.9 Å². The number of fused-ring (bicyclic) bond motifs is 1. The molecular formula is C11H15N5O2. The molecule has 2 saturated heterocycles. The highest BCUT2D eigenvalue weighted by molar-refractivity contribution is 5.99. The van der Waals surface area contributed by atoms with Crippen molar-refractivity contribution >= 4 is 17.6 Å². The second-order valence-electron chi connectivity index (χ2n) is 4.76. The molecule has 3 heterocycles. The van der Waals surface area contributed by atoms with Crippen molar-refractivity contribution in [2.75, 3.05) is 18.8 Å². The number of carbonyl (C=O) groups is 2. The average Bonchev–Trinajstić information content (AvgIpc) is 2.95. The predicted octanol–water partition coefficient (Wildman–Crippen LogP) is -0.658. The van der Waals surface area contributed by atoms with Crippen LogP contribution in [0.4, 0.5) is 5.82 Å². The third-order valence-electron chi connectivity index (χ3n) is 3.76. The van der Waals surface area contributed by atoms with E-state index in [2.05, 4.69) is 15.5 Å². The van der Waals surface area contributed by atoms with Crippen molar-refractivity contribution in [3.63, 3.8) is 0 Å². The molecule has 1 aromatic heterocycles. The fraction of sp³-hybridized carbons (Fsp3) is 0.545. The standard InChI is InChI=1S/C11H15N5O2/c12-9-7(4-14-15-9)11(18)16-3-1-2-6-8(16)5-13-10(6)17/h4,6,8H,1-3,5H2,(H,13,17)(H3,12,14,15). The van der Waals surface area contributed by atoms with Gasteiger partial charge in [0.1, 0.15) is 11.4 Å². The van der Waals surface area contributed by atoms with E-state index in [1.165, 1.54) is 6.20 Å². The molecule has 0 saturated carbocycles. The Morgan fingerprint density at radius 2 is 2.39 bits per heavy atom. The molecule has 4 N–H and O–H groups in total. The van der Waals surface area contributed by atoms with Crippen LogP contribution < -0.4 is 11.1 Å². The average molecular weight is 249 g/mol. The SMILES string of the molecule is Nc1[nH]ncc1C(=O)N1CCCC2C(=O)NCC21. The summed E-state index contributed by atoms with van der Waals surface area (Å²) in [6.07, 6.45) is 3.13. The van der Waals surface area contributed by atoms with Gasteiger partial charge in [0.05, 0.1) is 18.2 Å². The van der Waals surface area contributed by atoms with E-state index < -0.39 is 0 Å². The first-order valence-electron chi connectivity index (χ1n) is 6.06. The van der Waals surface area contributed by atoms with Gasteiger partial charge in [-0.1, -0.05) is 0 Å². The first-order chi connectivity index (χ1) is 8.68. The number of nitrogens with one attached hydrogen (secondary N) is 2. The minimum atomic E-state index is -0.146. The second kappa shape index (κ2) is 4.01. The molecule has 0 radical (unpaired) electrons. The number of likely N-dealkylation sites (tertiary alicyclic amines) is 1. The van der Waals surface area contributed by atoms with Crippen LogP contribution in [0.2, 0.25) is 0 Å². The van der Waals surface area contributed by atoms with E-state index >= 15 is 0 Å². The van der Waals surface area contributed by atoms with Gasteiger partial charge < -0.3 is 16.0 Å². The van der Waals surface area contributed by atoms with Crippen LogP contribution in [0.5, 0.6) is 0 Å². The number of nitrogens with two attached hydrogens (primary N) is 1. The number of nitrogens with zero attached hydrogens (tertiary/aromatic N) is 2. The highest BCUT2D eigenvalue weighted by atomic mass is 16.2. The summed E-state index contributed by atoms with van der Waals surface area (Å²) in [5.74, 6) is 0.111. The fourth-order valence-corrected chi connectivity index (χ4v) is 2.82. The monoisotopic (exact) mass is 249 g/mol. The van der Waals surface area contributed by atoms with E-state index in [0.29, 0.717) is 18.7 Å². The fourth-order valence-electron chi connectivity index (χ4n) is 2.82. The highest BCUT2D eigenvalue weighted by Crippen LogP contribution is 2.29. The van der Waals surface area contributed by atoms with Gasteiger partial charge in [0.15, 0.2) is 0 Å². The lowest BCUT2D eigenvalue weighted by Crippen LogP contribution is -2.48. The van der Waals surface area contributed by atoms with Crippen LogP contribution in [-0.2, 0) is 4.79 Å². The first kappa shape index (κ1) is 11.1. The number of hydrogen-bond acceptors (Lipinski definition) is 4. The van der Waals surface area contributed by atoms with Crippen LogP contribution in [0.1, 0.15) is 23.2 Å². The van der Waals surface area contributed by atoms with Crippen LogP contribution in [0.15, 0.2) is 6.20 Å². The molecule has 1 aromatic rings. The lowest BCUT2D eigenvalue weighted by atomic mass is 9.91. The number of rotatable bonds is 1. The van der Waals surface area contributed by atoms with Crippen molar-refractivity contribution in [1.82, 2.24) is 20.4 Å². The maximum atomic E-state index is 12.4. The smallest absolute Gasteiger partial charge is 0.259 e. The van der Waals surface area contributed by atoms with Crippen molar-refractivity contribution in [3.8, 4) is 0 Å². The number of amides is 2. The van der Waals surface area contributed by atoms with E-state index in [0.717, 1.165) is 12.8 Å². The lowest BCUT2D eigenvalue weighted by Gasteiger charge is -2.35. The van der Waals surface area contributed by atoms with E-state index in [4.69, 9.17) is 5.73 Å². The molecule has 18 heavy (non-hydrogen) atoms. The molecule has 2 atom stereocenters. The Morgan fingerprint density at radius 1 is 1.56 bits per heavy atom. The molecule has 7 heteroatoms. The number of H-pyrrole nitrogens is 1.